The molecular formula is C24H26N2O4S. The average Bonchev–Trinajstić information content (AvgIpc) is 2.74. The van der Waals surface area contributed by atoms with E-state index in [0.717, 1.165) is 5.56 Å². The molecule has 0 aliphatic rings. The minimum Gasteiger partial charge on any atom is -0.489 e. The Labute approximate surface area is 183 Å². The standard InChI is InChI=1S/C24H26N2O4S/c1-17(2)30-23-8-6-5-7-22(23)25-24(27)19-11-13-20(14-12-19)26(4)31(28,29)21-15-9-18(3)10-16-21/h5-17H,1-4H3,(H,25,27). The third-order valence-corrected chi connectivity index (χ3v) is 6.47. The van der Waals surface area contributed by atoms with Gasteiger partial charge in [-0.05, 0) is 69.3 Å². The van der Waals surface area contributed by atoms with E-state index in [1.807, 2.05) is 32.9 Å². The summed E-state index contributed by atoms with van der Waals surface area (Å²) in [5.74, 6) is 0.279. The molecule has 0 atom stereocenters. The monoisotopic (exact) mass is 438 g/mol. The quantitative estimate of drug-likeness (QED) is 0.572. The molecule has 0 radical (unpaired) electrons. The number of nitrogens with zero attached hydrogens (tertiary/aromatic N) is 1. The van der Waals surface area contributed by atoms with Crippen molar-refractivity contribution in [2.45, 2.75) is 31.8 Å². The van der Waals surface area contributed by atoms with E-state index in [1.54, 1.807) is 60.7 Å². The molecule has 31 heavy (non-hydrogen) atoms. The van der Waals surface area contributed by atoms with Crippen LogP contribution in [-0.2, 0) is 10.0 Å². The topological polar surface area (TPSA) is 75.7 Å². The van der Waals surface area contributed by atoms with Crippen LogP contribution in [0.3, 0.4) is 0 Å². The van der Waals surface area contributed by atoms with E-state index in [9.17, 15) is 13.2 Å². The minimum absolute atomic E-state index is 0.0247. The maximum Gasteiger partial charge on any atom is 0.264 e. The van der Waals surface area contributed by atoms with Crippen LogP contribution in [0.5, 0.6) is 5.75 Å². The molecule has 7 heteroatoms. The van der Waals surface area contributed by atoms with Gasteiger partial charge in [-0.1, -0.05) is 29.8 Å². The maximum absolute atomic E-state index is 12.9. The second kappa shape index (κ2) is 9.22. The first kappa shape index (κ1) is 22.4. The molecule has 0 unspecified atom stereocenters. The fourth-order valence-corrected chi connectivity index (χ4v) is 4.15. The molecule has 0 bridgehead atoms. The highest BCUT2D eigenvalue weighted by molar-refractivity contribution is 7.92. The van der Waals surface area contributed by atoms with Crippen molar-refractivity contribution >= 4 is 27.3 Å². The Kier molecular flexibility index (Phi) is 6.65. The molecule has 3 aromatic rings. The van der Waals surface area contributed by atoms with E-state index in [2.05, 4.69) is 5.32 Å². The fourth-order valence-electron chi connectivity index (χ4n) is 2.95. The lowest BCUT2D eigenvalue weighted by Crippen LogP contribution is -2.26. The van der Waals surface area contributed by atoms with Crippen molar-refractivity contribution in [1.82, 2.24) is 0 Å². The van der Waals surface area contributed by atoms with Crippen molar-refractivity contribution in [3.8, 4) is 5.75 Å². The SMILES string of the molecule is Cc1ccc(S(=O)(=O)N(C)c2ccc(C(=O)Nc3ccccc3OC(C)C)cc2)cc1. The molecule has 3 aromatic carbocycles. The molecule has 6 nitrogen and oxygen atoms in total. The van der Waals surface area contributed by atoms with Crippen molar-refractivity contribution in [3.63, 3.8) is 0 Å². The smallest absolute Gasteiger partial charge is 0.264 e. The van der Waals surface area contributed by atoms with Crippen LogP contribution in [-0.4, -0.2) is 27.5 Å². The van der Waals surface area contributed by atoms with E-state index in [-0.39, 0.29) is 16.9 Å². The van der Waals surface area contributed by atoms with E-state index >= 15 is 0 Å². The predicted octanol–water partition coefficient (Wildman–Crippen LogP) is 4.86. The Morgan fingerprint density at radius 2 is 1.55 bits per heavy atom. The molecule has 0 saturated heterocycles. The predicted molar refractivity (Wildman–Crippen MR) is 123 cm³/mol. The number of hydrogen-bond acceptors (Lipinski definition) is 4. The van der Waals surface area contributed by atoms with E-state index < -0.39 is 10.0 Å². The van der Waals surface area contributed by atoms with Gasteiger partial charge in [-0.25, -0.2) is 8.42 Å². The van der Waals surface area contributed by atoms with Gasteiger partial charge in [0.15, 0.2) is 0 Å². The average molecular weight is 439 g/mol. The summed E-state index contributed by atoms with van der Waals surface area (Å²) in [7, 11) is -2.20. The first-order chi connectivity index (χ1) is 14.7. The Hall–Kier alpha value is -3.32. The third-order valence-electron chi connectivity index (χ3n) is 4.67. The number of sulfonamides is 1. The summed E-state index contributed by atoms with van der Waals surface area (Å²) in [5.41, 5.74) is 2.42. The Morgan fingerprint density at radius 3 is 2.16 bits per heavy atom. The van der Waals surface area contributed by atoms with Crippen LogP contribution >= 0.6 is 0 Å². The van der Waals surface area contributed by atoms with Crippen molar-refractivity contribution in [3.05, 3.63) is 83.9 Å². The van der Waals surface area contributed by atoms with Gasteiger partial charge in [-0.2, -0.15) is 0 Å². The Bertz CT molecular complexity index is 1150. The Morgan fingerprint density at radius 1 is 0.935 bits per heavy atom. The van der Waals surface area contributed by atoms with Gasteiger partial charge in [0.2, 0.25) is 0 Å². The number of carbonyl (C=O) groups is 1. The number of para-hydroxylation sites is 2. The number of amides is 1. The highest BCUT2D eigenvalue weighted by Crippen LogP contribution is 2.26. The van der Waals surface area contributed by atoms with Crippen LogP contribution in [0.15, 0.2) is 77.7 Å². The van der Waals surface area contributed by atoms with Gasteiger partial charge < -0.3 is 10.1 Å². The van der Waals surface area contributed by atoms with Crippen LogP contribution in [0.2, 0.25) is 0 Å². The number of rotatable bonds is 7. The third kappa shape index (κ3) is 5.24. The summed E-state index contributed by atoms with van der Waals surface area (Å²) in [6.07, 6.45) is -0.0247. The lowest BCUT2D eigenvalue weighted by atomic mass is 10.2. The lowest BCUT2D eigenvalue weighted by molar-refractivity contribution is 0.102. The first-order valence-electron chi connectivity index (χ1n) is 9.91. The number of anilines is 2. The number of nitrogens with one attached hydrogen (secondary N) is 1. The zero-order valence-electron chi connectivity index (χ0n) is 18.0. The molecule has 0 aliphatic heterocycles. The lowest BCUT2D eigenvalue weighted by Gasteiger charge is -2.20. The Balaban J connectivity index is 1.77. The van der Waals surface area contributed by atoms with Crippen molar-refractivity contribution in [1.29, 1.82) is 0 Å². The van der Waals surface area contributed by atoms with Gasteiger partial charge in [0.05, 0.1) is 22.4 Å². The highest BCUT2D eigenvalue weighted by atomic mass is 32.2. The molecule has 0 aliphatic carbocycles. The molecule has 1 N–H and O–H groups in total. The number of hydrogen-bond donors (Lipinski definition) is 1. The molecule has 0 heterocycles. The molecule has 0 fully saturated rings. The van der Waals surface area contributed by atoms with E-state index in [0.29, 0.717) is 22.7 Å². The second-order valence-electron chi connectivity index (χ2n) is 7.45. The van der Waals surface area contributed by atoms with Crippen LogP contribution in [0.25, 0.3) is 0 Å². The van der Waals surface area contributed by atoms with Crippen LogP contribution in [0, 0.1) is 6.92 Å². The minimum atomic E-state index is -3.69. The maximum atomic E-state index is 12.9. The molecular weight excluding hydrogens is 412 g/mol. The number of benzene rings is 3. The second-order valence-corrected chi connectivity index (χ2v) is 9.42. The van der Waals surface area contributed by atoms with Gasteiger partial charge >= 0.3 is 0 Å². The number of aryl methyl sites for hydroxylation is 1. The zero-order chi connectivity index (χ0) is 22.6. The van der Waals surface area contributed by atoms with Crippen LogP contribution < -0.4 is 14.4 Å². The normalized spacial score (nSPS) is 11.3. The highest BCUT2D eigenvalue weighted by Gasteiger charge is 2.21. The van der Waals surface area contributed by atoms with Crippen molar-refractivity contribution < 1.29 is 17.9 Å². The number of carbonyl (C=O) groups excluding carboxylic acids is 1. The summed E-state index contributed by atoms with van der Waals surface area (Å²) in [4.78, 5) is 12.9. The van der Waals surface area contributed by atoms with Crippen LogP contribution in [0.1, 0.15) is 29.8 Å². The molecule has 162 valence electrons. The van der Waals surface area contributed by atoms with Crippen molar-refractivity contribution in [2.75, 3.05) is 16.7 Å². The zero-order valence-corrected chi connectivity index (χ0v) is 18.8. The summed E-state index contributed by atoms with van der Waals surface area (Å²) < 4.78 is 32.7. The summed E-state index contributed by atoms with van der Waals surface area (Å²) >= 11 is 0. The van der Waals surface area contributed by atoms with Crippen molar-refractivity contribution in [2.24, 2.45) is 0 Å². The number of ether oxygens (including phenoxy) is 1. The van der Waals surface area contributed by atoms with E-state index in [1.165, 1.54) is 11.4 Å². The van der Waals surface area contributed by atoms with Gasteiger partial charge in [0.1, 0.15) is 5.75 Å². The molecule has 3 rings (SSSR count). The molecule has 0 saturated carbocycles. The van der Waals surface area contributed by atoms with Gasteiger partial charge in [0, 0.05) is 12.6 Å². The molecule has 0 spiro atoms. The fraction of sp³-hybridized carbons (Fsp3) is 0.208. The van der Waals surface area contributed by atoms with Gasteiger partial charge in [0.25, 0.3) is 15.9 Å². The molecule has 1 amide bonds. The molecule has 0 aromatic heterocycles. The van der Waals surface area contributed by atoms with Gasteiger partial charge in [-0.3, -0.25) is 9.10 Å². The summed E-state index contributed by atoms with van der Waals surface area (Å²) in [5, 5.41) is 2.85. The summed E-state index contributed by atoms with van der Waals surface area (Å²) in [6, 6.07) is 20.3. The van der Waals surface area contributed by atoms with Crippen LogP contribution in [0.4, 0.5) is 11.4 Å². The summed E-state index contributed by atoms with van der Waals surface area (Å²) in [6.45, 7) is 5.73. The van der Waals surface area contributed by atoms with Gasteiger partial charge in [-0.15, -0.1) is 0 Å². The largest absolute Gasteiger partial charge is 0.489 e. The van der Waals surface area contributed by atoms with E-state index in [4.69, 9.17) is 4.74 Å². The first-order valence-corrected chi connectivity index (χ1v) is 11.3.